The van der Waals surface area contributed by atoms with E-state index in [1.807, 2.05) is 9.80 Å². The van der Waals surface area contributed by atoms with E-state index in [0.717, 1.165) is 12.0 Å². The summed E-state index contributed by atoms with van der Waals surface area (Å²) in [5, 5.41) is 12.4. The van der Waals surface area contributed by atoms with Crippen molar-refractivity contribution in [1.29, 1.82) is 5.26 Å². The van der Waals surface area contributed by atoms with Gasteiger partial charge in [0.2, 0.25) is 11.8 Å². The highest BCUT2D eigenvalue weighted by Crippen LogP contribution is 2.48. The number of alkyl carbamates (subject to hydrolysis) is 1. The molecule has 216 valence electrons. The van der Waals surface area contributed by atoms with Crippen LogP contribution in [-0.2, 0) is 14.3 Å². The number of benzene rings is 1. The number of nitriles is 1. The van der Waals surface area contributed by atoms with E-state index in [4.69, 9.17) is 4.74 Å². The van der Waals surface area contributed by atoms with Gasteiger partial charge in [-0.25, -0.2) is 9.18 Å². The lowest BCUT2D eigenvalue weighted by atomic mass is 9.80. The number of hydrogen-bond donors (Lipinski definition) is 1. The average molecular weight is 554 g/mol. The summed E-state index contributed by atoms with van der Waals surface area (Å²) >= 11 is 0. The Labute approximate surface area is 235 Å². The Hall–Kier alpha value is -3.19. The minimum absolute atomic E-state index is 0.0257. The van der Waals surface area contributed by atoms with Gasteiger partial charge in [0.15, 0.2) is 0 Å². The zero-order valence-electron chi connectivity index (χ0n) is 24.2. The van der Waals surface area contributed by atoms with Crippen LogP contribution in [-0.4, -0.2) is 81.5 Å². The minimum Gasteiger partial charge on any atom is -0.444 e. The van der Waals surface area contributed by atoms with Crippen LogP contribution in [0.1, 0.15) is 72.4 Å². The summed E-state index contributed by atoms with van der Waals surface area (Å²) in [6.45, 7) is 12.2. The number of carbonyl (C=O) groups is 3. The van der Waals surface area contributed by atoms with Crippen molar-refractivity contribution in [3.05, 3.63) is 35.6 Å². The third-order valence-electron chi connectivity index (χ3n) is 8.51. The molecule has 0 radical (unpaired) electrons. The van der Waals surface area contributed by atoms with E-state index in [1.54, 1.807) is 37.8 Å². The summed E-state index contributed by atoms with van der Waals surface area (Å²) < 4.78 is 19.1. The van der Waals surface area contributed by atoms with E-state index in [0.29, 0.717) is 25.3 Å². The fourth-order valence-electron chi connectivity index (χ4n) is 6.89. The van der Waals surface area contributed by atoms with Crippen molar-refractivity contribution in [2.24, 2.45) is 11.3 Å². The first kappa shape index (κ1) is 28.3. The molecule has 40 heavy (non-hydrogen) atoms. The fourth-order valence-corrected chi connectivity index (χ4v) is 6.89. The second-order valence-electron chi connectivity index (χ2n) is 13.8. The Morgan fingerprint density at radius 3 is 2.38 bits per heavy atom. The normalized spacial score (nSPS) is 29.1. The molecule has 7 atom stereocenters. The molecule has 4 aliphatic rings. The number of piperidine rings is 1. The number of nitrogens with one attached hydrogen (secondary N) is 1. The number of hydrogen-bond acceptors (Lipinski definition) is 6. The summed E-state index contributed by atoms with van der Waals surface area (Å²) in [5.41, 5.74) is -0.146. The molecule has 1 saturated carbocycles. The molecule has 0 aromatic heterocycles. The SMILES string of the molecule is CC(C)(C)OC(=O)N[C@@H](CN1C[C@@H]2C[C@H]1C(=O)N2[C@H](c1ccc(F)cc1)C(C)(C)C)C(=O)N1[C@H](C#N)C[C@@H]2C[C@@H]21. The molecule has 2 bridgehead atoms. The number of likely N-dealkylation sites (tertiary alicyclic amines) is 3. The average Bonchev–Trinajstić information content (AvgIpc) is 3.17. The highest BCUT2D eigenvalue weighted by atomic mass is 19.1. The van der Waals surface area contributed by atoms with Crippen LogP contribution in [0.3, 0.4) is 0 Å². The number of carbonyl (C=O) groups excluding carboxylic acids is 3. The monoisotopic (exact) mass is 553 g/mol. The van der Waals surface area contributed by atoms with Crippen LogP contribution in [0, 0.1) is 28.5 Å². The molecule has 0 spiro atoms. The third kappa shape index (κ3) is 5.40. The molecule has 10 heteroatoms. The Bertz CT molecular complexity index is 1220. The first-order valence-corrected chi connectivity index (χ1v) is 14.2. The van der Waals surface area contributed by atoms with Gasteiger partial charge < -0.3 is 19.9 Å². The lowest BCUT2D eigenvalue weighted by Gasteiger charge is -2.45. The molecule has 3 saturated heterocycles. The molecule has 3 aliphatic heterocycles. The second kappa shape index (κ2) is 10.0. The maximum atomic E-state index is 13.8. The molecule has 5 rings (SSSR count). The number of ether oxygens (including phenoxy) is 1. The Morgan fingerprint density at radius 1 is 1.12 bits per heavy atom. The molecular formula is C30H40FN5O4. The van der Waals surface area contributed by atoms with Gasteiger partial charge in [-0.1, -0.05) is 32.9 Å². The number of amides is 3. The number of piperazine rings is 1. The number of nitrogens with zero attached hydrogens (tertiary/aromatic N) is 4. The second-order valence-corrected chi connectivity index (χ2v) is 13.8. The lowest BCUT2D eigenvalue weighted by molar-refractivity contribution is -0.144. The predicted octanol–water partition coefficient (Wildman–Crippen LogP) is 3.60. The van der Waals surface area contributed by atoms with E-state index in [-0.39, 0.29) is 47.7 Å². The summed E-state index contributed by atoms with van der Waals surface area (Å²) in [6, 6.07) is 6.44. The Kier molecular flexibility index (Phi) is 7.10. The van der Waals surface area contributed by atoms with Crippen LogP contribution < -0.4 is 5.32 Å². The molecule has 1 N–H and O–H groups in total. The van der Waals surface area contributed by atoms with Crippen molar-refractivity contribution in [1.82, 2.24) is 20.0 Å². The van der Waals surface area contributed by atoms with Crippen molar-refractivity contribution in [2.45, 2.75) is 103 Å². The van der Waals surface area contributed by atoms with Gasteiger partial charge in [0.25, 0.3) is 0 Å². The first-order valence-electron chi connectivity index (χ1n) is 14.2. The van der Waals surface area contributed by atoms with Crippen LogP contribution in [0.4, 0.5) is 9.18 Å². The topological polar surface area (TPSA) is 106 Å². The van der Waals surface area contributed by atoms with Gasteiger partial charge in [-0.3, -0.25) is 14.5 Å². The Balaban J connectivity index is 1.35. The fraction of sp³-hybridized carbons (Fsp3) is 0.667. The summed E-state index contributed by atoms with van der Waals surface area (Å²) in [4.78, 5) is 46.0. The van der Waals surface area contributed by atoms with Gasteiger partial charge in [-0.05, 0) is 69.1 Å². The molecule has 3 heterocycles. The van der Waals surface area contributed by atoms with Crippen molar-refractivity contribution >= 4 is 17.9 Å². The quantitative estimate of drug-likeness (QED) is 0.577. The predicted molar refractivity (Wildman–Crippen MR) is 145 cm³/mol. The third-order valence-corrected chi connectivity index (χ3v) is 8.51. The largest absolute Gasteiger partial charge is 0.444 e. The zero-order valence-corrected chi connectivity index (χ0v) is 24.2. The van der Waals surface area contributed by atoms with E-state index in [2.05, 4.69) is 32.2 Å². The van der Waals surface area contributed by atoms with Gasteiger partial charge in [0.1, 0.15) is 23.5 Å². The van der Waals surface area contributed by atoms with E-state index in [9.17, 15) is 24.0 Å². The van der Waals surface area contributed by atoms with Crippen molar-refractivity contribution in [3.63, 3.8) is 0 Å². The summed E-state index contributed by atoms with van der Waals surface area (Å²) in [5.74, 6) is -0.302. The van der Waals surface area contributed by atoms with Crippen molar-refractivity contribution < 1.29 is 23.5 Å². The van der Waals surface area contributed by atoms with Crippen molar-refractivity contribution in [2.75, 3.05) is 13.1 Å². The molecule has 9 nitrogen and oxygen atoms in total. The van der Waals surface area contributed by atoms with Crippen LogP contribution in [0.25, 0.3) is 0 Å². The van der Waals surface area contributed by atoms with Crippen LogP contribution >= 0.6 is 0 Å². The lowest BCUT2D eigenvalue weighted by Crippen LogP contribution is -2.60. The molecule has 0 unspecified atom stereocenters. The molecule has 1 aliphatic carbocycles. The molecule has 1 aromatic rings. The van der Waals surface area contributed by atoms with E-state index < -0.39 is 29.8 Å². The van der Waals surface area contributed by atoms with Gasteiger partial charge in [0.05, 0.1) is 18.2 Å². The number of rotatable bonds is 6. The molecule has 3 amide bonds. The van der Waals surface area contributed by atoms with Gasteiger partial charge in [-0.2, -0.15) is 5.26 Å². The van der Waals surface area contributed by atoms with E-state index >= 15 is 0 Å². The maximum absolute atomic E-state index is 13.8. The van der Waals surface area contributed by atoms with Gasteiger partial charge in [0, 0.05) is 25.2 Å². The molecular weight excluding hydrogens is 513 g/mol. The minimum atomic E-state index is -0.943. The Morgan fingerprint density at radius 2 is 1.80 bits per heavy atom. The summed E-state index contributed by atoms with van der Waals surface area (Å²) in [6.07, 6.45) is 1.45. The van der Waals surface area contributed by atoms with Crippen molar-refractivity contribution in [3.8, 4) is 6.07 Å². The van der Waals surface area contributed by atoms with Gasteiger partial charge >= 0.3 is 6.09 Å². The number of halogens is 1. The van der Waals surface area contributed by atoms with Crippen LogP contribution in [0.15, 0.2) is 24.3 Å². The molecule has 1 aromatic carbocycles. The van der Waals surface area contributed by atoms with Crippen LogP contribution in [0.5, 0.6) is 0 Å². The van der Waals surface area contributed by atoms with Gasteiger partial charge in [-0.15, -0.1) is 0 Å². The summed E-state index contributed by atoms with van der Waals surface area (Å²) in [7, 11) is 0. The van der Waals surface area contributed by atoms with E-state index in [1.165, 1.54) is 12.1 Å². The smallest absolute Gasteiger partial charge is 0.408 e. The van der Waals surface area contributed by atoms with Crippen LogP contribution in [0.2, 0.25) is 0 Å². The maximum Gasteiger partial charge on any atom is 0.408 e. The standard InChI is InChI=1S/C30H40FN5O4/c1-29(2,3)25(17-7-9-19(31)10-8-17)36-21-13-24(27(36)38)34(15-21)16-22(33-28(39)40-30(4,5)6)26(37)35-20(14-32)11-18-12-23(18)35/h7-10,18,20-25H,11-13,15-16H2,1-6H3,(H,33,39)/t18-,20+,21+,22+,23+,24+,25-/m1/s1. The first-order chi connectivity index (χ1) is 18.7. The zero-order chi connectivity index (χ0) is 29.1. The molecule has 4 fully saturated rings. The highest BCUT2D eigenvalue weighted by molar-refractivity contribution is 5.89. The highest BCUT2D eigenvalue weighted by Gasteiger charge is 2.57. The number of fused-ring (bicyclic) bond motifs is 3.